The summed E-state index contributed by atoms with van der Waals surface area (Å²) < 4.78 is 2.18. The van der Waals surface area contributed by atoms with Gasteiger partial charge in [-0.3, -0.25) is 9.36 Å². The molecule has 0 aliphatic carbocycles. The van der Waals surface area contributed by atoms with Gasteiger partial charge in [-0.2, -0.15) is 5.26 Å². The number of hydrogen-bond acceptors (Lipinski definition) is 4. The number of carbonyl (C=O) groups excluding carboxylic acids is 1. The molecule has 0 saturated heterocycles. The lowest BCUT2D eigenvalue weighted by Crippen LogP contribution is -2.14. The van der Waals surface area contributed by atoms with Crippen LogP contribution in [0, 0.1) is 11.3 Å². The minimum atomic E-state index is -0.625. The smallest absolute Gasteiger partial charge is 0.250 e. The molecule has 7 heteroatoms. The van der Waals surface area contributed by atoms with Crippen molar-refractivity contribution in [3.8, 4) is 11.8 Å². The summed E-state index contributed by atoms with van der Waals surface area (Å²) in [5, 5.41) is 8.93. The molecular weight excluding hydrogens is 298 g/mol. The summed E-state index contributed by atoms with van der Waals surface area (Å²) in [6.07, 6.45) is 3.10. The highest BCUT2D eigenvalue weighted by Gasteiger charge is 2.13. The largest absolute Gasteiger partial charge is 0.398 e. The first kappa shape index (κ1) is 12.1. The SMILES string of the molecule is N#Cc1nccn1-c1cc(C(N)=O)c(N)cc1Br. The van der Waals surface area contributed by atoms with Gasteiger partial charge in [-0.25, -0.2) is 4.98 Å². The van der Waals surface area contributed by atoms with Gasteiger partial charge in [0.1, 0.15) is 6.07 Å². The Morgan fingerprint density at radius 1 is 1.50 bits per heavy atom. The van der Waals surface area contributed by atoms with Gasteiger partial charge in [-0.05, 0) is 28.1 Å². The number of primary amides is 1. The Balaban J connectivity index is 2.69. The number of nitrogens with two attached hydrogens (primary N) is 2. The Morgan fingerprint density at radius 2 is 2.22 bits per heavy atom. The number of anilines is 1. The molecule has 0 fully saturated rings. The standard InChI is InChI=1S/C11H8BrN5O/c12-7-4-8(14)6(11(15)18)3-9(7)17-2-1-16-10(17)5-13/h1-4H,14H2,(H2,15,18). The predicted octanol–water partition coefficient (Wildman–Crippen LogP) is 1.19. The van der Waals surface area contributed by atoms with Crippen molar-refractivity contribution in [1.29, 1.82) is 5.26 Å². The van der Waals surface area contributed by atoms with E-state index >= 15 is 0 Å². The summed E-state index contributed by atoms with van der Waals surface area (Å²) in [5.41, 5.74) is 12.0. The number of amides is 1. The van der Waals surface area contributed by atoms with E-state index in [0.29, 0.717) is 10.2 Å². The van der Waals surface area contributed by atoms with Crippen LogP contribution in [0.2, 0.25) is 0 Å². The van der Waals surface area contributed by atoms with Crippen molar-refractivity contribution < 1.29 is 4.79 Å². The van der Waals surface area contributed by atoms with Gasteiger partial charge in [-0.15, -0.1) is 0 Å². The van der Waals surface area contributed by atoms with E-state index < -0.39 is 5.91 Å². The fraction of sp³-hybridized carbons (Fsp3) is 0. The predicted molar refractivity (Wildman–Crippen MR) is 68.9 cm³/mol. The maximum Gasteiger partial charge on any atom is 0.250 e. The third-order valence-corrected chi connectivity index (χ3v) is 3.02. The Labute approximate surface area is 111 Å². The van der Waals surface area contributed by atoms with Crippen LogP contribution in [0.4, 0.5) is 5.69 Å². The molecule has 0 aliphatic heterocycles. The quantitative estimate of drug-likeness (QED) is 0.812. The lowest BCUT2D eigenvalue weighted by molar-refractivity contribution is 0.100. The van der Waals surface area contributed by atoms with E-state index in [2.05, 4.69) is 20.9 Å². The fourth-order valence-electron chi connectivity index (χ4n) is 1.56. The number of carbonyl (C=O) groups is 1. The van der Waals surface area contributed by atoms with Crippen molar-refractivity contribution in [3.63, 3.8) is 0 Å². The molecule has 4 N–H and O–H groups in total. The number of hydrogen-bond donors (Lipinski definition) is 2. The molecule has 0 unspecified atom stereocenters. The molecule has 1 heterocycles. The van der Waals surface area contributed by atoms with Crippen molar-refractivity contribution in [2.24, 2.45) is 5.73 Å². The second kappa shape index (κ2) is 4.50. The number of aromatic nitrogens is 2. The highest BCUT2D eigenvalue weighted by atomic mass is 79.9. The summed E-state index contributed by atoms with van der Waals surface area (Å²) >= 11 is 3.33. The van der Waals surface area contributed by atoms with E-state index in [1.54, 1.807) is 12.3 Å². The molecule has 0 saturated carbocycles. The van der Waals surface area contributed by atoms with E-state index in [-0.39, 0.29) is 17.1 Å². The molecule has 1 amide bonds. The summed E-state index contributed by atoms with van der Waals surface area (Å²) in [7, 11) is 0. The van der Waals surface area contributed by atoms with E-state index in [9.17, 15) is 4.79 Å². The molecule has 0 bridgehead atoms. The molecule has 18 heavy (non-hydrogen) atoms. The second-order valence-electron chi connectivity index (χ2n) is 3.49. The van der Waals surface area contributed by atoms with Crippen LogP contribution in [-0.2, 0) is 0 Å². The minimum absolute atomic E-state index is 0.200. The van der Waals surface area contributed by atoms with Gasteiger partial charge in [0.2, 0.25) is 5.82 Å². The van der Waals surface area contributed by atoms with E-state index in [0.717, 1.165) is 0 Å². The monoisotopic (exact) mass is 305 g/mol. The zero-order chi connectivity index (χ0) is 13.3. The summed E-state index contributed by atoms with van der Waals surface area (Å²) in [5.74, 6) is -0.421. The normalized spacial score (nSPS) is 10.0. The van der Waals surface area contributed by atoms with E-state index in [1.165, 1.54) is 16.8 Å². The van der Waals surface area contributed by atoms with Crippen molar-refractivity contribution in [3.05, 3.63) is 40.4 Å². The molecule has 1 aromatic carbocycles. The van der Waals surface area contributed by atoms with Crippen molar-refractivity contribution in [2.75, 3.05) is 5.73 Å². The number of rotatable bonds is 2. The van der Waals surface area contributed by atoms with Gasteiger partial charge in [0.25, 0.3) is 5.91 Å². The summed E-state index contributed by atoms with van der Waals surface area (Å²) in [6, 6.07) is 5.03. The molecule has 6 nitrogen and oxygen atoms in total. The van der Waals surface area contributed by atoms with Gasteiger partial charge in [0.15, 0.2) is 0 Å². The van der Waals surface area contributed by atoms with Crippen LogP contribution in [0.1, 0.15) is 16.2 Å². The zero-order valence-corrected chi connectivity index (χ0v) is 10.7. The maximum absolute atomic E-state index is 11.2. The third-order valence-electron chi connectivity index (χ3n) is 2.38. The maximum atomic E-state index is 11.2. The van der Waals surface area contributed by atoms with Crippen LogP contribution >= 0.6 is 15.9 Å². The summed E-state index contributed by atoms with van der Waals surface area (Å²) in [4.78, 5) is 15.1. The molecule has 1 aromatic heterocycles. The molecule has 0 spiro atoms. The number of imidazole rings is 1. The van der Waals surface area contributed by atoms with Gasteiger partial charge in [0.05, 0.1) is 11.3 Å². The van der Waals surface area contributed by atoms with Crippen LogP contribution in [0.15, 0.2) is 29.0 Å². The summed E-state index contributed by atoms with van der Waals surface area (Å²) in [6.45, 7) is 0. The third kappa shape index (κ3) is 1.94. The zero-order valence-electron chi connectivity index (χ0n) is 9.09. The van der Waals surface area contributed by atoms with E-state index in [4.69, 9.17) is 16.7 Å². The number of nitrogen functional groups attached to an aromatic ring is 1. The highest BCUT2D eigenvalue weighted by molar-refractivity contribution is 9.10. The van der Waals surface area contributed by atoms with Crippen LogP contribution in [-0.4, -0.2) is 15.5 Å². The molecular formula is C11H8BrN5O. The Bertz CT molecular complexity index is 671. The number of nitrogens with zero attached hydrogens (tertiary/aromatic N) is 3. The van der Waals surface area contributed by atoms with Crippen molar-refractivity contribution in [2.45, 2.75) is 0 Å². The first-order valence-corrected chi connectivity index (χ1v) is 5.66. The lowest BCUT2D eigenvalue weighted by atomic mass is 10.1. The molecule has 0 radical (unpaired) electrons. The Hall–Kier alpha value is -2.33. The second-order valence-corrected chi connectivity index (χ2v) is 4.34. The first-order valence-electron chi connectivity index (χ1n) is 4.87. The fourth-order valence-corrected chi connectivity index (χ4v) is 2.11. The minimum Gasteiger partial charge on any atom is -0.398 e. The van der Waals surface area contributed by atoms with Gasteiger partial charge in [-0.1, -0.05) is 0 Å². The van der Waals surface area contributed by atoms with Crippen LogP contribution in [0.25, 0.3) is 5.69 Å². The van der Waals surface area contributed by atoms with Crippen LogP contribution in [0.3, 0.4) is 0 Å². The molecule has 0 atom stereocenters. The molecule has 2 aromatic rings. The lowest BCUT2D eigenvalue weighted by Gasteiger charge is -2.10. The molecule has 2 rings (SSSR count). The average Bonchev–Trinajstić information content (AvgIpc) is 2.76. The number of nitriles is 1. The Morgan fingerprint density at radius 3 is 2.83 bits per heavy atom. The average molecular weight is 306 g/mol. The van der Waals surface area contributed by atoms with Crippen molar-refractivity contribution >= 4 is 27.5 Å². The number of halogens is 1. The van der Waals surface area contributed by atoms with Crippen molar-refractivity contribution in [1.82, 2.24) is 9.55 Å². The molecule has 0 aliphatic rings. The Kier molecular flexibility index (Phi) is 3.04. The highest BCUT2D eigenvalue weighted by Crippen LogP contribution is 2.27. The topological polar surface area (TPSA) is 111 Å². The van der Waals surface area contributed by atoms with Gasteiger partial charge >= 0.3 is 0 Å². The van der Waals surface area contributed by atoms with Gasteiger partial charge < -0.3 is 11.5 Å². The van der Waals surface area contributed by atoms with Crippen LogP contribution < -0.4 is 11.5 Å². The number of benzene rings is 1. The van der Waals surface area contributed by atoms with E-state index in [1.807, 2.05) is 6.07 Å². The van der Waals surface area contributed by atoms with Crippen LogP contribution in [0.5, 0.6) is 0 Å². The van der Waals surface area contributed by atoms with Gasteiger partial charge in [0, 0.05) is 22.6 Å². The first-order chi connectivity index (χ1) is 8.54. The molecule has 90 valence electrons.